The average Bonchev–Trinajstić information content (AvgIpc) is 3.11. The Balaban J connectivity index is 1.92. The predicted octanol–water partition coefficient (Wildman–Crippen LogP) is 2.65. The molecule has 24 heavy (non-hydrogen) atoms. The van der Waals surface area contributed by atoms with E-state index in [1.807, 2.05) is 20.8 Å². The number of hydrogen-bond acceptors (Lipinski definition) is 5. The summed E-state index contributed by atoms with van der Waals surface area (Å²) >= 11 is 0. The summed E-state index contributed by atoms with van der Waals surface area (Å²) in [4.78, 5) is 5.75. The third kappa shape index (κ3) is 2.93. The average molecular weight is 335 g/mol. The van der Waals surface area contributed by atoms with Crippen molar-refractivity contribution in [1.29, 1.82) is 0 Å². The molecule has 9 heteroatoms. The van der Waals surface area contributed by atoms with Crippen molar-refractivity contribution in [3.8, 4) is 0 Å². The third-order valence-electron chi connectivity index (χ3n) is 3.65. The molecular formula is C15H19F2N7. The fraction of sp³-hybridized carbons (Fsp3) is 0.467. The van der Waals surface area contributed by atoms with E-state index < -0.39 is 6.55 Å². The second-order valence-electron chi connectivity index (χ2n) is 6.62. The van der Waals surface area contributed by atoms with Crippen molar-refractivity contribution in [3.63, 3.8) is 0 Å². The Hall–Kier alpha value is -2.58. The smallest absolute Gasteiger partial charge is 0.319 e. The minimum absolute atomic E-state index is 0.211. The summed E-state index contributed by atoms with van der Waals surface area (Å²) in [6.45, 7) is 3.68. The molecule has 0 aliphatic rings. The van der Waals surface area contributed by atoms with E-state index in [2.05, 4.69) is 20.3 Å². The summed E-state index contributed by atoms with van der Waals surface area (Å²) in [6, 6.07) is 3.59. The van der Waals surface area contributed by atoms with Crippen LogP contribution in [0.15, 0.2) is 24.5 Å². The van der Waals surface area contributed by atoms with Gasteiger partial charge < -0.3 is 4.90 Å². The van der Waals surface area contributed by atoms with Crippen LogP contribution in [-0.4, -0.2) is 36.4 Å². The first kappa shape index (κ1) is 16.3. The second-order valence-corrected chi connectivity index (χ2v) is 6.62. The Labute approximate surface area is 137 Å². The minimum atomic E-state index is -2.61. The Morgan fingerprint density at radius 3 is 2.62 bits per heavy atom. The molecule has 0 aliphatic heterocycles. The van der Waals surface area contributed by atoms with Gasteiger partial charge in [0, 0.05) is 24.9 Å². The monoisotopic (exact) mass is 335 g/mol. The zero-order valence-corrected chi connectivity index (χ0v) is 14.0. The highest BCUT2D eigenvalue weighted by Crippen LogP contribution is 2.22. The maximum Gasteiger partial charge on any atom is 0.319 e. The van der Waals surface area contributed by atoms with Crippen LogP contribution >= 0.6 is 0 Å². The van der Waals surface area contributed by atoms with E-state index in [-0.39, 0.29) is 17.8 Å². The number of aromatic nitrogens is 6. The number of rotatable bonds is 4. The topological polar surface area (TPSA) is 64.1 Å². The van der Waals surface area contributed by atoms with Crippen LogP contribution in [0.3, 0.4) is 0 Å². The van der Waals surface area contributed by atoms with Gasteiger partial charge in [0.25, 0.3) is 0 Å². The molecule has 0 saturated heterocycles. The first-order valence-corrected chi connectivity index (χ1v) is 7.51. The van der Waals surface area contributed by atoms with Crippen LogP contribution in [0.1, 0.15) is 39.0 Å². The maximum atomic E-state index is 12.9. The van der Waals surface area contributed by atoms with Gasteiger partial charge in [-0.2, -0.15) is 13.3 Å². The lowest BCUT2D eigenvalue weighted by atomic mass is 9.96. The van der Waals surface area contributed by atoms with Crippen LogP contribution in [0.25, 0.3) is 5.65 Å². The highest BCUT2D eigenvalue weighted by Gasteiger charge is 2.22. The summed E-state index contributed by atoms with van der Waals surface area (Å²) in [6.07, 6.45) is 2.63. The number of nitrogens with zero attached hydrogens (tertiary/aromatic N) is 7. The van der Waals surface area contributed by atoms with E-state index in [4.69, 9.17) is 0 Å². The van der Waals surface area contributed by atoms with E-state index in [9.17, 15) is 8.78 Å². The van der Waals surface area contributed by atoms with E-state index in [0.29, 0.717) is 11.5 Å². The fourth-order valence-corrected chi connectivity index (χ4v) is 2.39. The van der Waals surface area contributed by atoms with Crippen molar-refractivity contribution in [3.05, 3.63) is 36.2 Å². The zero-order valence-electron chi connectivity index (χ0n) is 14.0. The molecule has 0 unspecified atom stereocenters. The van der Waals surface area contributed by atoms with Gasteiger partial charge in [-0.25, -0.2) is 4.98 Å². The van der Waals surface area contributed by atoms with Crippen molar-refractivity contribution >= 4 is 11.5 Å². The highest BCUT2D eigenvalue weighted by atomic mass is 19.3. The van der Waals surface area contributed by atoms with E-state index >= 15 is 0 Å². The van der Waals surface area contributed by atoms with Crippen molar-refractivity contribution in [1.82, 2.24) is 29.4 Å². The van der Waals surface area contributed by atoms with Gasteiger partial charge in [0.05, 0.1) is 6.54 Å². The number of fused-ring (bicyclic) bond motifs is 1. The molecule has 0 N–H and O–H groups in total. The Kier molecular flexibility index (Phi) is 3.94. The largest absolute Gasteiger partial charge is 0.351 e. The van der Waals surface area contributed by atoms with E-state index in [1.54, 1.807) is 28.6 Å². The zero-order chi connectivity index (χ0) is 17.5. The SMILES string of the molecule is CN(Cc1nccn1C(F)F)c1ccc2nnc(C(C)(C)C)n2n1. The summed E-state index contributed by atoms with van der Waals surface area (Å²) in [7, 11) is 1.78. The van der Waals surface area contributed by atoms with Crippen LogP contribution in [0.5, 0.6) is 0 Å². The Bertz CT molecular complexity index is 847. The first-order chi connectivity index (χ1) is 11.3. The molecule has 0 saturated carbocycles. The van der Waals surface area contributed by atoms with Crippen LogP contribution in [-0.2, 0) is 12.0 Å². The molecule has 0 spiro atoms. The summed E-state index contributed by atoms with van der Waals surface area (Å²) < 4.78 is 28.4. The molecule has 0 aliphatic carbocycles. The maximum absolute atomic E-state index is 12.9. The molecule has 0 amide bonds. The van der Waals surface area contributed by atoms with Gasteiger partial charge in [-0.15, -0.1) is 15.3 Å². The van der Waals surface area contributed by atoms with E-state index in [0.717, 1.165) is 10.4 Å². The lowest BCUT2D eigenvalue weighted by Crippen LogP contribution is -2.23. The molecule has 3 aromatic heterocycles. The van der Waals surface area contributed by atoms with Gasteiger partial charge in [-0.3, -0.25) is 4.57 Å². The van der Waals surface area contributed by atoms with Crippen molar-refractivity contribution < 1.29 is 8.78 Å². The second kappa shape index (κ2) is 5.81. The Morgan fingerprint density at radius 1 is 1.21 bits per heavy atom. The molecule has 128 valence electrons. The molecule has 3 heterocycles. The molecule has 3 aromatic rings. The molecule has 0 fully saturated rings. The molecule has 0 bridgehead atoms. The number of halogens is 2. The first-order valence-electron chi connectivity index (χ1n) is 7.51. The van der Waals surface area contributed by atoms with Gasteiger partial charge >= 0.3 is 6.55 Å². The minimum Gasteiger partial charge on any atom is -0.351 e. The molecule has 0 radical (unpaired) electrons. The summed E-state index contributed by atoms with van der Waals surface area (Å²) in [5, 5.41) is 12.9. The van der Waals surface area contributed by atoms with Crippen LogP contribution < -0.4 is 4.90 Å². The molecule has 0 atom stereocenters. The fourth-order valence-electron chi connectivity index (χ4n) is 2.39. The van der Waals surface area contributed by atoms with Crippen molar-refractivity contribution in [2.24, 2.45) is 0 Å². The van der Waals surface area contributed by atoms with Crippen LogP contribution in [0, 0.1) is 0 Å². The predicted molar refractivity (Wildman–Crippen MR) is 85.1 cm³/mol. The van der Waals surface area contributed by atoms with Crippen LogP contribution in [0.4, 0.5) is 14.6 Å². The normalized spacial score (nSPS) is 12.3. The molecule has 7 nitrogen and oxygen atoms in total. The lowest BCUT2D eigenvalue weighted by Gasteiger charge is -2.19. The van der Waals surface area contributed by atoms with Crippen LogP contribution in [0.2, 0.25) is 0 Å². The van der Waals surface area contributed by atoms with Gasteiger partial charge in [-0.05, 0) is 12.1 Å². The van der Waals surface area contributed by atoms with Gasteiger partial charge in [0.1, 0.15) is 11.6 Å². The van der Waals surface area contributed by atoms with Gasteiger partial charge in [0.15, 0.2) is 11.5 Å². The van der Waals surface area contributed by atoms with Crippen molar-refractivity contribution in [2.75, 3.05) is 11.9 Å². The van der Waals surface area contributed by atoms with E-state index in [1.165, 1.54) is 12.4 Å². The molecule has 0 aromatic carbocycles. The highest BCUT2D eigenvalue weighted by molar-refractivity contribution is 5.45. The standard InChI is InChI=1S/C15H19F2N7/c1-15(2,3)13-20-19-10-5-6-11(21-24(10)13)22(4)9-12-18-7-8-23(12)14(16)17/h5-8,14H,9H2,1-4H3. The lowest BCUT2D eigenvalue weighted by molar-refractivity contribution is 0.0670. The Morgan fingerprint density at radius 2 is 1.96 bits per heavy atom. The number of alkyl halides is 2. The number of anilines is 1. The summed E-state index contributed by atoms with van der Waals surface area (Å²) in [5.41, 5.74) is 0.432. The molecule has 3 rings (SSSR count). The number of hydrogen-bond donors (Lipinski definition) is 0. The summed E-state index contributed by atoms with van der Waals surface area (Å²) in [5.74, 6) is 1.63. The third-order valence-corrected chi connectivity index (χ3v) is 3.65. The molecular weight excluding hydrogens is 316 g/mol. The van der Waals surface area contributed by atoms with Gasteiger partial charge in [0.2, 0.25) is 0 Å². The number of imidazole rings is 1. The quantitative estimate of drug-likeness (QED) is 0.733. The van der Waals surface area contributed by atoms with Crippen molar-refractivity contribution in [2.45, 2.75) is 39.3 Å². The van der Waals surface area contributed by atoms with Gasteiger partial charge in [-0.1, -0.05) is 20.8 Å².